The lowest BCUT2D eigenvalue weighted by Crippen LogP contribution is -2.18. The second-order valence-corrected chi connectivity index (χ2v) is 4.38. The molecule has 2 aromatic carbocycles. The molecule has 0 bridgehead atoms. The van der Waals surface area contributed by atoms with Gasteiger partial charge in [-0.1, -0.05) is 60.7 Å². The zero-order chi connectivity index (χ0) is 13.7. The first-order valence-corrected chi connectivity index (χ1v) is 6.24. The van der Waals surface area contributed by atoms with Crippen molar-refractivity contribution >= 4 is 13.8 Å². The molecule has 0 spiro atoms. The summed E-state index contributed by atoms with van der Waals surface area (Å²) in [5.74, 6) is -1.16. The van der Waals surface area contributed by atoms with Crippen LogP contribution in [0.25, 0.3) is 0 Å². The maximum absolute atomic E-state index is 12.0. The van der Waals surface area contributed by atoms with E-state index in [0.29, 0.717) is 0 Å². The third kappa shape index (κ3) is 3.47. The molecule has 0 N–H and O–H groups in total. The Hall–Kier alpha value is -2.03. The molecule has 0 aliphatic carbocycles. The molecule has 19 heavy (non-hydrogen) atoms. The van der Waals surface area contributed by atoms with Gasteiger partial charge in [-0.15, -0.1) is 0 Å². The van der Waals surface area contributed by atoms with Crippen molar-refractivity contribution in [3.05, 3.63) is 71.8 Å². The Kier molecular flexibility index (Phi) is 4.40. The van der Waals surface area contributed by atoms with Gasteiger partial charge >= 0.3 is 5.97 Å². The van der Waals surface area contributed by atoms with Gasteiger partial charge < -0.3 is 4.74 Å². The van der Waals surface area contributed by atoms with E-state index in [0.717, 1.165) is 11.1 Å². The minimum atomic E-state index is -0.743. The van der Waals surface area contributed by atoms with E-state index in [9.17, 15) is 4.79 Å². The van der Waals surface area contributed by atoms with E-state index in [1.165, 1.54) is 0 Å². The number of esters is 1. The standard InChI is InChI=1S/C16H15BO2/c1-12(13-8-4-2-5-9-13)19-16(18)15(17)14-10-6-3-7-11-14/h2-12,15H,1H3/t12-,15?/m0/s1. The van der Waals surface area contributed by atoms with Crippen molar-refractivity contribution in [2.75, 3.05) is 0 Å². The van der Waals surface area contributed by atoms with Crippen LogP contribution < -0.4 is 0 Å². The molecule has 94 valence electrons. The summed E-state index contributed by atoms with van der Waals surface area (Å²) in [6, 6.07) is 18.8. The van der Waals surface area contributed by atoms with Gasteiger partial charge in [0.25, 0.3) is 0 Å². The van der Waals surface area contributed by atoms with E-state index in [1.54, 1.807) is 0 Å². The second-order valence-electron chi connectivity index (χ2n) is 4.38. The summed E-state index contributed by atoms with van der Waals surface area (Å²) in [7, 11) is 5.89. The summed E-state index contributed by atoms with van der Waals surface area (Å²) in [4.78, 5) is 12.0. The minimum absolute atomic E-state index is 0.302. The summed E-state index contributed by atoms with van der Waals surface area (Å²) in [5.41, 5.74) is 1.71. The molecule has 0 aliphatic rings. The van der Waals surface area contributed by atoms with Crippen LogP contribution in [0.1, 0.15) is 30.0 Å². The van der Waals surface area contributed by atoms with Gasteiger partial charge in [0.2, 0.25) is 0 Å². The lowest BCUT2D eigenvalue weighted by atomic mass is 9.81. The van der Waals surface area contributed by atoms with Crippen LogP contribution in [0.2, 0.25) is 0 Å². The fourth-order valence-corrected chi connectivity index (χ4v) is 1.84. The Balaban J connectivity index is 2.02. The van der Waals surface area contributed by atoms with Crippen LogP contribution in [-0.2, 0) is 9.53 Å². The van der Waals surface area contributed by atoms with Crippen LogP contribution in [0.3, 0.4) is 0 Å². The maximum atomic E-state index is 12.0. The van der Waals surface area contributed by atoms with Gasteiger partial charge in [0.05, 0.1) is 7.85 Å². The number of hydrogen-bond acceptors (Lipinski definition) is 2. The van der Waals surface area contributed by atoms with Gasteiger partial charge in [0.1, 0.15) is 6.10 Å². The van der Waals surface area contributed by atoms with E-state index in [4.69, 9.17) is 12.6 Å². The van der Waals surface area contributed by atoms with Gasteiger partial charge in [0, 0.05) is 5.82 Å². The summed E-state index contributed by atoms with van der Waals surface area (Å²) in [5, 5.41) is 0. The predicted molar refractivity (Wildman–Crippen MR) is 75.9 cm³/mol. The SMILES string of the molecule is [B]C(C(=O)O[C@@H](C)c1ccccc1)c1ccccc1. The third-order valence-electron chi connectivity index (χ3n) is 2.97. The number of ether oxygens (including phenoxy) is 1. The molecule has 0 heterocycles. The Labute approximate surface area is 114 Å². The maximum Gasteiger partial charge on any atom is 0.304 e. The molecule has 0 saturated carbocycles. The lowest BCUT2D eigenvalue weighted by molar-refractivity contribution is -0.148. The van der Waals surface area contributed by atoms with Gasteiger partial charge in [-0.2, -0.15) is 0 Å². The number of hydrogen-bond donors (Lipinski definition) is 0. The molecule has 0 amide bonds. The molecule has 2 radical (unpaired) electrons. The first kappa shape index (κ1) is 13.4. The topological polar surface area (TPSA) is 26.3 Å². The highest BCUT2D eigenvalue weighted by Gasteiger charge is 2.19. The van der Waals surface area contributed by atoms with Crippen molar-refractivity contribution < 1.29 is 9.53 Å². The normalized spacial score (nSPS) is 13.5. The molecule has 0 fully saturated rings. The largest absolute Gasteiger partial charge is 0.458 e. The molecule has 2 atom stereocenters. The van der Waals surface area contributed by atoms with Crippen LogP contribution in [-0.4, -0.2) is 13.8 Å². The molecule has 3 heteroatoms. The van der Waals surface area contributed by atoms with E-state index >= 15 is 0 Å². The predicted octanol–water partition coefficient (Wildman–Crippen LogP) is 3.20. The fourth-order valence-electron chi connectivity index (χ4n) is 1.84. The molecule has 2 aromatic rings. The van der Waals surface area contributed by atoms with Crippen molar-refractivity contribution in [3.8, 4) is 0 Å². The zero-order valence-corrected chi connectivity index (χ0v) is 10.8. The Morgan fingerprint density at radius 1 is 0.947 bits per heavy atom. The van der Waals surface area contributed by atoms with E-state index < -0.39 is 11.8 Å². The summed E-state index contributed by atoms with van der Waals surface area (Å²) >= 11 is 0. The quantitative estimate of drug-likeness (QED) is 0.615. The van der Waals surface area contributed by atoms with Crippen LogP contribution in [0.5, 0.6) is 0 Å². The van der Waals surface area contributed by atoms with E-state index in [1.807, 2.05) is 67.6 Å². The van der Waals surface area contributed by atoms with Crippen LogP contribution in [0, 0.1) is 0 Å². The smallest absolute Gasteiger partial charge is 0.304 e. The van der Waals surface area contributed by atoms with E-state index in [2.05, 4.69) is 0 Å². The Bertz CT molecular complexity index is 525. The first-order valence-electron chi connectivity index (χ1n) is 6.24. The van der Waals surface area contributed by atoms with Crippen molar-refractivity contribution in [1.82, 2.24) is 0 Å². The van der Waals surface area contributed by atoms with E-state index in [-0.39, 0.29) is 6.10 Å². The van der Waals surface area contributed by atoms with Gasteiger partial charge in [-0.3, -0.25) is 4.79 Å². The van der Waals surface area contributed by atoms with Crippen LogP contribution in [0.4, 0.5) is 0 Å². The molecular weight excluding hydrogens is 235 g/mol. The van der Waals surface area contributed by atoms with Crippen LogP contribution >= 0.6 is 0 Å². The average molecular weight is 250 g/mol. The summed E-state index contributed by atoms with van der Waals surface area (Å²) < 4.78 is 5.39. The highest BCUT2D eigenvalue weighted by molar-refractivity contribution is 6.23. The number of rotatable bonds is 4. The molecular formula is C16H15BO2. The van der Waals surface area contributed by atoms with Crippen LogP contribution in [0.15, 0.2) is 60.7 Å². The molecule has 0 aliphatic heterocycles. The number of carbonyl (C=O) groups is 1. The highest BCUT2D eigenvalue weighted by Crippen LogP contribution is 2.20. The average Bonchev–Trinajstić information content (AvgIpc) is 2.48. The van der Waals surface area contributed by atoms with Gasteiger partial charge in [-0.25, -0.2) is 0 Å². The van der Waals surface area contributed by atoms with Crippen molar-refractivity contribution in [3.63, 3.8) is 0 Å². The fraction of sp³-hybridized carbons (Fsp3) is 0.188. The number of benzene rings is 2. The van der Waals surface area contributed by atoms with Crippen molar-refractivity contribution in [2.24, 2.45) is 0 Å². The zero-order valence-electron chi connectivity index (χ0n) is 10.8. The lowest BCUT2D eigenvalue weighted by Gasteiger charge is -2.17. The van der Waals surface area contributed by atoms with Gasteiger partial charge in [0.15, 0.2) is 0 Å². The molecule has 1 unspecified atom stereocenters. The Morgan fingerprint density at radius 2 is 1.42 bits per heavy atom. The first-order chi connectivity index (χ1) is 9.18. The molecule has 2 rings (SSSR count). The third-order valence-corrected chi connectivity index (χ3v) is 2.97. The number of carbonyl (C=O) groups excluding carboxylic acids is 1. The summed E-state index contributed by atoms with van der Waals surface area (Å²) in [6.07, 6.45) is -0.302. The Morgan fingerprint density at radius 3 is 1.95 bits per heavy atom. The van der Waals surface area contributed by atoms with Gasteiger partial charge in [-0.05, 0) is 18.1 Å². The minimum Gasteiger partial charge on any atom is -0.458 e. The summed E-state index contributed by atoms with van der Waals surface area (Å²) in [6.45, 7) is 1.84. The highest BCUT2D eigenvalue weighted by atomic mass is 16.5. The molecule has 0 saturated heterocycles. The van der Waals surface area contributed by atoms with Crippen molar-refractivity contribution in [2.45, 2.75) is 18.8 Å². The monoisotopic (exact) mass is 250 g/mol. The second kappa shape index (κ2) is 6.23. The molecule has 0 aromatic heterocycles. The van der Waals surface area contributed by atoms with Crippen molar-refractivity contribution in [1.29, 1.82) is 0 Å². The molecule has 2 nitrogen and oxygen atoms in total.